The molecule has 156 valence electrons. The Labute approximate surface area is 183 Å². The highest BCUT2D eigenvalue weighted by molar-refractivity contribution is 6.30. The van der Waals surface area contributed by atoms with Crippen LogP contribution in [0.5, 0.6) is 0 Å². The van der Waals surface area contributed by atoms with Gasteiger partial charge in [-0.2, -0.15) is 10.5 Å². The van der Waals surface area contributed by atoms with Crippen molar-refractivity contribution in [2.24, 2.45) is 0 Å². The molecule has 0 saturated carbocycles. The summed E-state index contributed by atoms with van der Waals surface area (Å²) in [7, 11) is 0. The molecule has 0 bridgehead atoms. The first-order valence-corrected chi connectivity index (χ1v) is 9.96. The average molecular weight is 447 g/mol. The Hall–Kier alpha value is -2.26. The van der Waals surface area contributed by atoms with Crippen molar-refractivity contribution in [3.05, 3.63) is 105 Å². The predicted octanol–water partition coefficient (Wildman–Crippen LogP) is 3.92. The highest BCUT2D eigenvalue weighted by atomic mass is 35.5. The lowest BCUT2D eigenvalue weighted by atomic mass is 9.98. The summed E-state index contributed by atoms with van der Waals surface area (Å²) in [6.45, 7) is 0. The van der Waals surface area contributed by atoms with Gasteiger partial charge in [0.2, 0.25) is 0 Å². The van der Waals surface area contributed by atoms with Gasteiger partial charge < -0.3 is 10.4 Å². The largest absolute Gasteiger partial charge is 0.595 e. The molecular weight excluding hydrogens is 427 g/mol. The molecule has 0 radical (unpaired) electrons. The number of nitrogens with one attached hydrogen (secondary N) is 2. The van der Waals surface area contributed by atoms with E-state index in [2.05, 4.69) is 0 Å². The van der Waals surface area contributed by atoms with Gasteiger partial charge in [0.15, 0.2) is 11.4 Å². The van der Waals surface area contributed by atoms with Crippen molar-refractivity contribution in [3.63, 3.8) is 0 Å². The highest BCUT2D eigenvalue weighted by Gasteiger charge is 2.28. The van der Waals surface area contributed by atoms with Crippen molar-refractivity contribution in [2.75, 3.05) is 0 Å². The summed E-state index contributed by atoms with van der Waals surface area (Å²) in [6.07, 6.45) is 3.38. The van der Waals surface area contributed by atoms with Crippen LogP contribution in [0.3, 0.4) is 0 Å². The molecule has 0 aromatic heterocycles. The zero-order valence-electron chi connectivity index (χ0n) is 15.7. The number of hydrogen-bond acceptors (Lipinski definition) is 4. The molecule has 0 heterocycles. The molecule has 8 heteroatoms. The summed E-state index contributed by atoms with van der Waals surface area (Å²) in [6, 6.07) is 21.0. The first kappa shape index (κ1) is 22.4. The van der Waals surface area contributed by atoms with Crippen LogP contribution in [0, 0.1) is 10.4 Å². The van der Waals surface area contributed by atoms with Crippen molar-refractivity contribution in [2.45, 2.75) is 10.8 Å². The fourth-order valence-electron chi connectivity index (χ4n) is 3.08. The van der Waals surface area contributed by atoms with Crippen molar-refractivity contribution < 1.29 is 20.9 Å². The first-order chi connectivity index (χ1) is 14.4. The smallest absolute Gasteiger partial charge is 0.177 e. The number of quaternary nitrogens is 2. The topological polar surface area (TPSA) is 95.5 Å². The second-order valence-electron chi connectivity index (χ2n) is 6.60. The highest BCUT2D eigenvalue weighted by Crippen LogP contribution is 2.42. The third-order valence-electron chi connectivity index (χ3n) is 4.61. The predicted molar refractivity (Wildman–Crippen MR) is 117 cm³/mol. The Morgan fingerprint density at radius 2 is 1.30 bits per heavy atom. The van der Waals surface area contributed by atoms with Gasteiger partial charge >= 0.3 is 0 Å². The Morgan fingerprint density at radius 1 is 0.733 bits per heavy atom. The molecule has 4 atom stereocenters. The Balaban J connectivity index is 2.08. The van der Waals surface area contributed by atoms with E-state index in [0.717, 1.165) is 17.2 Å². The van der Waals surface area contributed by atoms with Gasteiger partial charge in [-0.05, 0) is 23.3 Å². The maximum absolute atomic E-state index is 11.8. The standard InChI is InChI=1S/C22H20Cl2N2O4/c23-21(16-9-5-2-6-10-16)22(24)18-13-17(12-11-15-7-3-1-4-8-15)19(25(27)28)14-20(18)26(29)30/h1-14,21-22,25-27,29H/t21-,22-/m0/s1. The number of benzene rings is 3. The molecule has 0 aliphatic carbocycles. The van der Waals surface area contributed by atoms with Crippen LogP contribution >= 0.6 is 23.2 Å². The molecule has 3 aromatic carbocycles. The summed E-state index contributed by atoms with van der Waals surface area (Å²) in [5, 5.41) is 38.8. The van der Waals surface area contributed by atoms with E-state index in [1.54, 1.807) is 24.3 Å². The van der Waals surface area contributed by atoms with Crippen LogP contribution in [-0.2, 0) is 0 Å². The molecule has 0 aliphatic rings. The molecule has 0 saturated heterocycles. The SMILES string of the molecule is [O-][NH+](O)c1cc([NH+]([O-])O)c([C@H](Cl)[C@@H](Cl)c2ccccc2)cc1C=Cc1ccccc1. The van der Waals surface area contributed by atoms with Crippen molar-refractivity contribution in [1.82, 2.24) is 0 Å². The molecular formula is C22H20Cl2N2O4. The maximum Gasteiger partial charge on any atom is 0.177 e. The summed E-state index contributed by atoms with van der Waals surface area (Å²) in [4.78, 5) is 0. The molecule has 2 unspecified atom stereocenters. The van der Waals surface area contributed by atoms with E-state index in [0.29, 0.717) is 5.56 Å². The van der Waals surface area contributed by atoms with Crippen LogP contribution in [0.25, 0.3) is 12.2 Å². The lowest BCUT2D eigenvalue weighted by molar-refractivity contribution is -0.996. The van der Waals surface area contributed by atoms with E-state index in [9.17, 15) is 20.8 Å². The van der Waals surface area contributed by atoms with Crippen molar-refractivity contribution in [1.29, 1.82) is 0 Å². The molecule has 0 aliphatic heterocycles. The van der Waals surface area contributed by atoms with Crippen LogP contribution in [0.15, 0.2) is 72.8 Å². The number of hydrogen-bond donors (Lipinski definition) is 4. The lowest BCUT2D eigenvalue weighted by Crippen LogP contribution is -3.01. The van der Waals surface area contributed by atoms with Gasteiger partial charge in [-0.25, -0.2) is 10.4 Å². The zero-order chi connectivity index (χ0) is 21.7. The summed E-state index contributed by atoms with van der Waals surface area (Å²) in [5.41, 5.74) is 1.89. The van der Waals surface area contributed by atoms with Gasteiger partial charge in [0.25, 0.3) is 0 Å². The Kier molecular flexibility index (Phi) is 7.60. The third-order valence-corrected chi connectivity index (χ3v) is 5.73. The fraction of sp³-hybridized carbons (Fsp3) is 0.0909. The second-order valence-corrected chi connectivity index (χ2v) is 7.54. The van der Waals surface area contributed by atoms with Crippen LogP contribution in [-0.4, -0.2) is 10.4 Å². The fourth-order valence-corrected chi connectivity index (χ4v) is 3.69. The number of alkyl halides is 2. The lowest BCUT2D eigenvalue weighted by Gasteiger charge is -2.24. The van der Waals surface area contributed by atoms with Gasteiger partial charge in [0, 0.05) is 11.1 Å². The average Bonchev–Trinajstić information content (AvgIpc) is 2.77. The van der Waals surface area contributed by atoms with Gasteiger partial charge in [-0.3, -0.25) is 0 Å². The second kappa shape index (κ2) is 10.2. The van der Waals surface area contributed by atoms with Gasteiger partial charge in [0.05, 0.1) is 16.8 Å². The van der Waals surface area contributed by atoms with E-state index in [-0.39, 0.29) is 16.9 Å². The van der Waals surface area contributed by atoms with E-state index < -0.39 is 21.2 Å². The van der Waals surface area contributed by atoms with Crippen LogP contribution in [0.4, 0.5) is 11.4 Å². The minimum Gasteiger partial charge on any atom is -0.595 e. The third kappa shape index (κ3) is 5.26. The van der Waals surface area contributed by atoms with Crippen molar-refractivity contribution in [3.8, 4) is 0 Å². The van der Waals surface area contributed by atoms with E-state index >= 15 is 0 Å². The molecule has 3 aromatic rings. The maximum atomic E-state index is 11.8. The minimum absolute atomic E-state index is 0.127. The van der Waals surface area contributed by atoms with E-state index in [1.165, 1.54) is 6.07 Å². The number of halogens is 2. The number of rotatable bonds is 7. The zero-order valence-corrected chi connectivity index (χ0v) is 17.2. The quantitative estimate of drug-likeness (QED) is 0.251. The molecule has 0 spiro atoms. The molecule has 30 heavy (non-hydrogen) atoms. The molecule has 3 rings (SSSR count). The van der Waals surface area contributed by atoms with Crippen LogP contribution in [0.1, 0.15) is 33.0 Å². The van der Waals surface area contributed by atoms with Crippen LogP contribution in [0.2, 0.25) is 0 Å². The van der Waals surface area contributed by atoms with E-state index in [4.69, 9.17) is 23.2 Å². The van der Waals surface area contributed by atoms with Gasteiger partial charge in [-0.15, -0.1) is 23.2 Å². The van der Waals surface area contributed by atoms with E-state index in [1.807, 2.05) is 48.5 Å². The summed E-state index contributed by atoms with van der Waals surface area (Å²) < 4.78 is 0. The van der Waals surface area contributed by atoms with Gasteiger partial charge in [-0.1, -0.05) is 66.7 Å². The molecule has 6 nitrogen and oxygen atoms in total. The summed E-state index contributed by atoms with van der Waals surface area (Å²) in [5.74, 6) is 0. The molecule has 0 fully saturated rings. The Morgan fingerprint density at radius 3 is 1.87 bits per heavy atom. The molecule has 0 amide bonds. The minimum atomic E-state index is -1.27. The van der Waals surface area contributed by atoms with Crippen molar-refractivity contribution >= 4 is 46.7 Å². The van der Waals surface area contributed by atoms with Crippen LogP contribution < -0.4 is 10.5 Å². The first-order valence-electron chi connectivity index (χ1n) is 9.09. The molecule has 4 N–H and O–H groups in total. The monoisotopic (exact) mass is 446 g/mol. The Bertz CT molecular complexity index is 999. The normalized spacial score (nSPS) is 15.7. The van der Waals surface area contributed by atoms with Gasteiger partial charge in [0.1, 0.15) is 0 Å². The summed E-state index contributed by atoms with van der Waals surface area (Å²) >= 11 is 13.1.